The number of nitrogens with zero attached hydrogens (tertiary/aromatic N) is 1. The van der Waals surface area contributed by atoms with Crippen molar-refractivity contribution < 1.29 is 13.6 Å². The zero-order chi connectivity index (χ0) is 14.5. The molecule has 6 heteroatoms. The molecule has 0 radical (unpaired) electrons. The van der Waals surface area contributed by atoms with Crippen LogP contribution in [0.2, 0.25) is 0 Å². The first kappa shape index (κ1) is 13.9. The number of hydrogen-bond donors (Lipinski definition) is 2. The third-order valence-corrected chi connectivity index (χ3v) is 2.60. The number of halogens is 2. The number of aromatic nitrogens is 1. The molecule has 1 aromatic heterocycles. The fourth-order valence-electron chi connectivity index (χ4n) is 1.70. The van der Waals surface area contributed by atoms with Crippen LogP contribution >= 0.6 is 0 Å². The Morgan fingerprint density at radius 3 is 2.50 bits per heavy atom. The second-order valence-electron chi connectivity index (χ2n) is 4.23. The van der Waals surface area contributed by atoms with E-state index in [2.05, 4.69) is 15.6 Å². The Bertz CT molecular complexity index is 584. The van der Waals surface area contributed by atoms with Crippen molar-refractivity contribution in [2.24, 2.45) is 0 Å². The van der Waals surface area contributed by atoms with Crippen LogP contribution in [0.3, 0.4) is 0 Å². The van der Waals surface area contributed by atoms with E-state index in [1.165, 1.54) is 0 Å². The zero-order valence-corrected chi connectivity index (χ0v) is 10.7. The van der Waals surface area contributed by atoms with E-state index in [9.17, 15) is 13.6 Å². The molecule has 1 atom stereocenters. The van der Waals surface area contributed by atoms with E-state index in [1.54, 1.807) is 31.3 Å². The highest BCUT2D eigenvalue weighted by molar-refractivity contribution is 5.89. The lowest BCUT2D eigenvalue weighted by molar-refractivity contribution is 0.249. The molecule has 4 nitrogen and oxygen atoms in total. The Balaban J connectivity index is 1.99. The Kier molecular flexibility index (Phi) is 4.24. The van der Waals surface area contributed by atoms with E-state index in [0.717, 1.165) is 18.2 Å². The summed E-state index contributed by atoms with van der Waals surface area (Å²) >= 11 is 0. The molecule has 2 amide bonds. The van der Waals surface area contributed by atoms with Crippen molar-refractivity contribution in [3.63, 3.8) is 0 Å². The highest BCUT2D eigenvalue weighted by atomic mass is 19.1. The number of carbonyl (C=O) groups is 1. The molecule has 1 heterocycles. The highest BCUT2D eigenvalue weighted by Gasteiger charge is 2.11. The fraction of sp³-hybridized carbons (Fsp3) is 0.143. The lowest BCUT2D eigenvalue weighted by Gasteiger charge is -2.14. The van der Waals surface area contributed by atoms with Crippen LogP contribution in [0.25, 0.3) is 0 Å². The van der Waals surface area contributed by atoms with Crippen molar-refractivity contribution in [2.75, 3.05) is 5.32 Å². The molecule has 0 aliphatic rings. The first-order valence-corrected chi connectivity index (χ1v) is 5.99. The van der Waals surface area contributed by atoms with Gasteiger partial charge < -0.3 is 10.6 Å². The van der Waals surface area contributed by atoms with Gasteiger partial charge in [0.2, 0.25) is 0 Å². The SMILES string of the molecule is CC(NC(=O)Nc1cc(F)cc(F)c1)c1ccccn1. The Labute approximate surface area is 114 Å². The van der Waals surface area contributed by atoms with Gasteiger partial charge in [0.25, 0.3) is 0 Å². The lowest BCUT2D eigenvalue weighted by Crippen LogP contribution is -2.31. The number of pyridine rings is 1. The zero-order valence-electron chi connectivity index (χ0n) is 10.7. The third kappa shape index (κ3) is 3.74. The maximum atomic E-state index is 13.0. The topological polar surface area (TPSA) is 54.0 Å². The molecular formula is C14H13F2N3O. The van der Waals surface area contributed by atoms with Crippen LogP contribution in [-0.4, -0.2) is 11.0 Å². The van der Waals surface area contributed by atoms with Gasteiger partial charge in [0.15, 0.2) is 0 Å². The number of nitrogens with one attached hydrogen (secondary N) is 2. The first-order chi connectivity index (χ1) is 9.54. The van der Waals surface area contributed by atoms with Crippen molar-refractivity contribution in [2.45, 2.75) is 13.0 Å². The second kappa shape index (κ2) is 6.10. The second-order valence-corrected chi connectivity index (χ2v) is 4.23. The molecule has 2 N–H and O–H groups in total. The molecule has 2 aromatic rings. The van der Waals surface area contributed by atoms with E-state index in [0.29, 0.717) is 5.69 Å². The van der Waals surface area contributed by atoms with Crippen LogP contribution in [-0.2, 0) is 0 Å². The van der Waals surface area contributed by atoms with Gasteiger partial charge in [-0.3, -0.25) is 4.98 Å². The summed E-state index contributed by atoms with van der Waals surface area (Å²) in [6.45, 7) is 1.76. The smallest absolute Gasteiger partial charge is 0.319 e. The summed E-state index contributed by atoms with van der Waals surface area (Å²) in [5, 5.41) is 4.99. The van der Waals surface area contributed by atoms with E-state index < -0.39 is 17.7 Å². The summed E-state index contributed by atoms with van der Waals surface area (Å²) in [6.07, 6.45) is 1.62. The Morgan fingerprint density at radius 2 is 1.90 bits per heavy atom. The molecule has 1 aromatic carbocycles. The molecule has 2 rings (SSSR count). The predicted octanol–water partition coefficient (Wildman–Crippen LogP) is 3.24. The minimum atomic E-state index is -0.752. The molecule has 0 bridgehead atoms. The number of benzene rings is 1. The van der Waals surface area contributed by atoms with E-state index in [1.807, 2.05) is 0 Å². The number of hydrogen-bond acceptors (Lipinski definition) is 2. The first-order valence-electron chi connectivity index (χ1n) is 5.99. The molecule has 20 heavy (non-hydrogen) atoms. The quantitative estimate of drug-likeness (QED) is 0.904. The van der Waals surface area contributed by atoms with Gasteiger partial charge in [0, 0.05) is 18.0 Å². The van der Waals surface area contributed by atoms with E-state index >= 15 is 0 Å². The average molecular weight is 277 g/mol. The normalized spacial score (nSPS) is 11.8. The Morgan fingerprint density at radius 1 is 1.20 bits per heavy atom. The summed E-state index contributed by atoms with van der Waals surface area (Å²) in [4.78, 5) is 15.8. The summed E-state index contributed by atoms with van der Waals surface area (Å²) in [5.41, 5.74) is 0.737. The van der Waals surface area contributed by atoms with Crippen LogP contribution < -0.4 is 10.6 Å². The van der Waals surface area contributed by atoms with Gasteiger partial charge in [-0.2, -0.15) is 0 Å². The van der Waals surface area contributed by atoms with Gasteiger partial charge in [-0.1, -0.05) is 6.07 Å². The molecule has 0 spiro atoms. The van der Waals surface area contributed by atoms with Crippen LogP contribution in [0.5, 0.6) is 0 Å². The molecular weight excluding hydrogens is 264 g/mol. The van der Waals surface area contributed by atoms with Gasteiger partial charge in [-0.15, -0.1) is 0 Å². The molecule has 0 aliphatic carbocycles. The summed E-state index contributed by atoms with van der Waals surface area (Å²) < 4.78 is 26.0. The number of anilines is 1. The number of urea groups is 1. The molecule has 0 fully saturated rings. The summed E-state index contributed by atoms with van der Waals surface area (Å²) in [7, 11) is 0. The van der Waals surface area contributed by atoms with Crippen LogP contribution in [0, 0.1) is 11.6 Å². The van der Waals surface area contributed by atoms with Gasteiger partial charge >= 0.3 is 6.03 Å². The maximum absolute atomic E-state index is 13.0. The van der Waals surface area contributed by atoms with Crippen molar-refractivity contribution in [3.05, 3.63) is 59.9 Å². The van der Waals surface area contributed by atoms with Crippen LogP contribution in [0.4, 0.5) is 19.3 Å². The highest BCUT2D eigenvalue weighted by Crippen LogP contribution is 2.13. The largest absolute Gasteiger partial charge is 0.330 e. The lowest BCUT2D eigenvalue weighted by atomic mass is 10.2. The minimum Gasteiger partial charge on any atom is -0.330 e. The van der Waals surface area contributed by atoms with Crippen molar-refractivity contribution in [1.29, 1.82) is 0 Å². The molecule has 1 unspecified atom stereocenters. The summed E-state index contributed by atoms with van der Waals surface area (Å²) in [5.74, 6) is -1.50. The van der Waals surface area contributed by atoms with Crippen molar-refractivity contribution in [3.8, 4) is 0 Å². The Hall–Kier alpha value is -2.50. The number of carbonyl (C=O) groups excluding carboxylic acids is 1. The maximum Gasteiger partial charge on any atom is 0.319 e. The fourth-order valence-corrected chi connectivity index (χ4v) is 1.70. The van der Waals surface area contributed by atoms with Crippen LogP contribution in [0.15, 0.2) is 42.6 Å². The minimum absolute atomic E-state index is 0.0493. The molecule has 104 valence electrons. The number of amides is 2. The monoisotopic (exact) mass is 277 g/mol. The summed E-state index contributed by atoms with van der Waals surface area (Å²) in [6, 6.07) is 7.27. The van der Waals surface area contributed by atoms with E-state index in [-0.39, 0.29) is 11.7 Å². The average Bonchev–Trinajstić information content (AvgIpc) is 2.38. The van der Waals surface area contributed by atoms with Gasteiger partial charge in [-0.25, -0.2) is 13.6 Å². The molecule has 0 aliphatic heterocycles. The van der Waals surface area contributed by atoms with Gasteiger partial charge in [0.1, 0.15) is 11.6 Å². The predicted molar refractivity (Wildman–Crippen MR) is 71.2 cm³/mol. The third-order valence-electron chi connectivity index (χ3n) is 2.60. The van der Waals surface area contributed by atoms with E-state index in [4.69, 9.17) is 0 Å². The standard InChI is InChI=1S/C14H13F2N3O/c1-9(13-4-2-3-5-17-13)18-14(20)19-12-7-10(15)6-11(16)8-12/h2-9H,1H3,(H2,18,19,20). The molecule has 0 saturated heterocycles. The van der Waals surface area contributed by atoms with Gasteiger partial charge in [-0.05, 0) is 31.2 Å². The molecule has 0 saturated carbocycles. The number of rotatable bonds is 3. The van der Waals surface area contributed by atoms with Crippen LogP contribution in [0.1, 0.15) is 18.7 Å². The van der Waals surface area contributed by atoms with Crippen molar-refractivity contribution >= 4 is 11.7 Å². The van der Waals surface area contributed by atoms with Crippen molar-refractivity contribution in [1.82, 2.24) is 10.3 Å². The van der Waals surface area contributed by atoms with Gasteiger partial charge in [0.05, 0.1) is 11.7 Å².